The van der Waals surface area contributed by atoms with Gasteiger partial charge >= 0.3 is 0 Å². The molecule has 1 heterocycles. The highest BCUT2D eigenvalue weighted by atomic mass is 79.9. The molecule has 0 aliphatic heterocycles. The molecule has 1 saturated carbocycles. The summed E-state index contributed by atoms with van der Waals surface area (Å²) in [5.41, 5.74) is 0. The molecule has 1 aliphatic carbocycles. The van der Waals surface area contributed by atoms with Gasteiger partial charge in [0, 0.05) is 25.6 Å². The van der Waals surface area contributed by atoms with Gasteiger partial charge < -0.3 is 4.90 Å². The summed E-state index contributed by atoms with van der Waals surface area (Å²) in [6.45, 7) is 5.35. The fraction of sp³-hybridized carbons (Fsp3) is 0.667. The fourth-order valence-corrected chi connectivity index (χ4v) is 2.04. The van der Waals surface area contributed by atoms with Gasteiger partial charge in [0.2, 0.25) is 0 Å². The molecule has 0 N–H and O–H groups in total. The lowest BCUT2D eigenvalue weighted by atomic mass is 10.2. The first-order valence-corrected chi connectivity index (χ1v) is 6.61. The van der Waals surface area contributed by atoms with Gasteiger partial charge in [-0.2, -0.15) is 0 Å². The van der Waals surface area contributed by atoms with Crippen LogP contribution in [0.2, 0.25) is 0 Å². The van der Waals surface area contributed by atoms with Crippen LogP contribution in [0.25, 0.3) is 0 Å². The molecule has 0 unspecified atom stereocenters. The predicted octanol–water partition coefficient (Wildman–Crippen LogP) is 3.21. The zero-order valence-electron chi connectivity index (χ0n) is 10.1. The zero-order chi connectivity index (χ0) is 11.7. The Morgan fingerprint density at radius 1 is 1.44 bits per heavy atom. The van der Waals surface area contributed by atoms with Crippen molar-refractivity contribution in [2.45, 2.75) is 32.6 Å². The number of anilines is 1. The van der Waals surface area contributed by atoms with E-state index >= 15 is 0 Å². The van der Waals surface area contributed by atoms with E-state index in [1.807, 2.05) is 6.07 Å². The molecule has 0 radical (unpaired) electrons. The van der Waals surface area contributed by atoms with Crippen molar-refractivity contribution in [2.75, 3.05) is 18.5 Å². The molecule has 1 aliphatic rings. The van der Waals surface area contributed by atoms with Crippen molar-refractivity contribution < 1.29 is 0 Å². The van der Waals surface area contributed by atoms with Crippen LogP contribution in [0.3, 0.4) is 0 Å². The monoisotopic (exact) mass is 283 g/mol. The van der Waals surface area contributed by atoms with E-state index in [9.17, 15) is 0 Å². The summed E-state index contributed by atoms with van der Waals surface area (Å²) >= 11 is 3.45. The predicted molar refractivity (Wildman–Crippen MR) is 69.8 cm³/mol. The molecule has 16 heavy (non-hydrogen) atoms. The summed E-state index contributed by atoms with van der Waals surface area (Å²) in [4.78, 5) is 11.2. The zero-order valence-corrected chi connectivity index (χ0v) is 11.7. The first-order valence-electron chi connectivity index (χ1n) is 5.82. The van der Waals surface area contributed by atoms with Crippen LogP contribution in [0.5, 0.6) is 0 Å². The van der Waals surface area contributed by atoms with E-state index in [0.717, 1.165) is 28.7 Å². The highest BCUT2D eigenvalue weighted by Crippen LogP contribution is 2.31. The van der Waals surface area contributed by atoms with E-state index < -0.39 is 0 Å². The van der Waals surface area contributed by atoms with Gasteiger partial charge in [-0.15, -0.1) is 0 Å². The molecule has 1 aromatic heterocycles. The van der Waals surface area contributed by atoms with Gasteiger partial charge in [-0.3, -0.25) is 0 Å². The number of halogens is 1. The number of nitrogens with zero attached hydrogens (tertiary/aromatic N) is 3. The molecule has 2 rings (SSSR count). The average Bonchev–Trinajstić information content (AvgIpc) is 3.00. The second-order valence-electron chi connectivity index (χ2n) is 4.89. The van der Waals surface area contributed by atoms with E-state index in [2.05, 4.69) is 51.7 Å². The summed E-state index contributed by atoms with van der Waals surface area (Å²) in [6, 6.07) is 1.99. The van der Waals surface area contributed by atoms with E-state index in [1.165, 1.54) is 12.8 Å². The number of hydrogen-bond donors (Lipinski definition) is 0. The normalized spacial score (nSPS) is 15.6. The van der Waals surface area contributed by atoms with Crippen LogP contribution in [-0.4, -0.2) is 23.6 Å². The SMILES string of the molecule is CC(C)c1nc(Br)cc(N(C)CC2CC2)n1. The van der Waals surface area contributed by atoms with Crippen molar-refractivity contribution in [3.63, 3.8) is 0 Å². The molecular formula is C12H18BrN3. The Morgan fingerprint density at radius 3 is 2.69 bits per heavy atom. The first-order chi connectivity index (χ1) is 7.56. The van der Waals surface area contributed by atoms with Crippen molar-refractivity contribution in [1.82, 2.24) is 9.97 Å². The number of rotatable bonds is 4. The van der Waals surface area contributed by atoms with E-state index in [1.54, 1.807) is 0 Å². The highest BCUT2D eigenvalue weighted by molar-refractivity contribution is 9.10. The lowest BCUT2D eigenvalue weighted by molar-refractivity contribution is 0.738. The molecule has 0 atom stereocenters. The highest BCUT2D eigenvalue weighted by Gasteiger charge is 2.23. The van der Waals surface area contributed by atoms with Gasteiger partial charge in [-0.25, -0.2) is 9.97 Å². The maximum absolute atomic E-state index is 4.60. The largest absolute Gasteiger partial charge is 0.359 e. The third-order valence-corrected chi connectivity index (χ3v) is 3.24. The maximum atomic E-state index is 4.60. The summed E-state index contributed by atoms with van der Waals surface area (Å²) in [5, 5.41) is 0. The van der Waals surface area contributed by atoms with E-state index in [4.69, 9.17) is 0 Å². The van der Waals surface area contributed by atoms with Crippen LogP contribution in [0, 0.1) is 5.92 Å². The minimum Gasteiger partial charge on any atom is -0.359 e. The van der Waals surface area contributed by atoms with Gasteiger partial charge in [-0.05, 0) is 34.7 Å². The third-order valence-electron chi connectivity index (χ3n) is 2.84. The van der Waals surface area contributed by atoms with Gasteiger partial charge in [0.1, 0.15) is 16.2 Å². The van der Waals surface area contributed by atoms with Gasteiger partial charge in [0.05, 0.1) is 0 Å². The van der Waals surface area contributed by atoms with Crippen molar-refractivity contribution in [3.8, 4) is 0 Å². The van der Waals surface area contributed by atoms with Crippen LogP contribution < -0.4 is 4.90 Å². The summed E-state index contributed by atoms with van der Waals surface area (Å²) in [7, 11) is 2.11. The van der Waals surface area contributed by atoms with Crippen molar-refractivity contribution in [1.29, 1.82) is 0 Å². The fourth-order valence-electron chi connectivity index (χ4n) is 1.66. The second kappa shape index (κ2) is 4.70. The molecule has 3 nitrogen and oxygen atoms in total. The molecular weight excluding hydrogens is 266 g/mol. The van der Waals surface area contributed by atoms with Crippen molar-refractivity contribution in [3.05, 3.63) is 16.5 Å². The van der Waals surface area contributed by atoms with Crippen LogP contribution in [-0.2, 0) is 0 Å². The Bertz CT molecular complexity index is 375. The number of aromatic nitrogens is 2. The molecule has 0 saturated heterocycles. The number of hydrogen-bond acceptors (Lipinski definition) is 3. The maximum Gasteiger partial charge on any atom is 0.134 e. The Labute approximate surface area is 105 Å². The quantitative estimate of drug-likeness (QED) is 0.795. The molecule has 4 heteroatoms. The third kappa shape index (κ3) is 2.94. The summed E-state index contributed by atoms with van der Waals surface area (Å²) < 4.78 is 0.879. The van der Waals surface area contributed by atoms with E-state index in [-0.39, 0.29) is 0 Å². The topological polar surface area (TPSA) is 29.0 Å². The first kappa shape index (κ1) is 11.8. The van der Waals surface area contributed by atoms with Crippen LogP contribution in [0.1, 0.15) is 38.4 Å². The van der Waals surface area contributed by atoms with Crippen molar-refractivity contribution >= 4 is 21.7 Å². The lowest BCUT2D eigenvalue weighted by Gasteiger charge is -2.19. The minimum absolute atomic E-state index is 0.366. The molecule has 0 spiro atoms. The molecule has 0 aromatic carbocycles. The second-order valence-corrected chi connectivity index (χ2v) is 5.70. The Hall–Kier alpha value is -0.640. The lowest BCUT2D eigenvalue weighted by Crippen LogP contribution is -2.22. The Balaban J connectivity index is 2.17. The Kier molecular flexibility index (Phi) is 3.47. The molecule has 0 amide bonds. The smallest absolute Gasteiger partial charge is 0.134 e. The van der Waals surface area contributed by atoms with Crippen LogP contribution in [0.15, 0.2) is 10.7 Å². The van der Waals surface area contributed by atoms with Gasteiger partial charge in [-0.1, -0.05) is 13.8 Å². The molecule has 1 aromatic rings. The van der Waals surface area contributed by atoms with Gasteiger partial charge in [0.15, 0.2) is 0 Å². The summed E-state index contributed by atoms with van der Waals surface area (Å²) in [6.07, 6.45) is 2.74. The molecule has 1 fully saturated rings. The molecule has 0 bridgehead atoms. The van der Waals surface area contributed by atoms with Crippen LogP contribution >= 0.6 is 15.9 Å². The Morgan fingerprint density at radius 2 is 2.12 bits per heavy atom. The average molecular weight is 284 g/mol. The van der Waals surface area contributed by atoms with Gasteiger partial charge in [0.25, 0.3) is 0 Å². The van der Waals surface area contributed by atoms with Crippen LogP contribution in [0.4, 0.5) is 5.82 Å². The van der Waals surface area contributed by atoms with Crippen molar-refractivity contribution in [2.24, 2.45) is 5.92 Å². The standard InChI is InChI=1S/C12H18BrN3/c1-8(2)12-14-10(13)6-11(15-12)16(3)7-9-4-5-9/h6,8-9H,4-5,7H2,1-3H3. The summed E-state index contributed by atoms with van der Waals surface area (Å²) in [5.74, 6) is 3.18. The molecule has 88 valence electrons. The van der Waals surface area contributed by atoms with E-state index in [0.29, 0.717) is 5.92 Å². The minimum atomic E-state index is 0.366.